The number of H-pyrrole nitrogens is 1. The monoisotopic (exact) mass is 500 g/mol. The largest absolute Gasteiger partial charge is 0.496 e. The highest BCUT2D eigenvalue weighted by molar-refractivity contribution is 7.88. The smallest absolute Gasteiger partial charge is 0.332 e. The molecule has 3 rings (SSSR count). The Morgan fingerprint density at radius 1 is 1.06 bits per heavy atom. The zero-order chi connectivity index (χ0) is 26.0. The van der Waals surface area contributed by atoms with E-state index in [-0.39, 0.29) is 5.41 Å². The number of nitrogens with one attached hydrogen (secondary N) is 2. The van der Waals surface area contributed by atoms with Crippen LogP contribution in [0.5, 0.6) is 11.5 Å². The quantitative estimate of drug-likeness (QED) is 0.378. The lowest BCUT2D eigenvalue weighted by atomic mass is 9.83. The zero-order valence-corrected chi connectivity index (χ0v) is 21.2. The highest BCUT2D eigenvalue weighted by atomic mass is 32.2. The maximum Gasteiger partial charge on any atom is 0.332 e. The summed E-state index contributed by atoms with van der Waals surface area (Å²) in [6.07, 6.45) is 3.76. The summed E-state index contributed by atoms with van der Waals surface area (Å²) in [6, 6.07) is 10.2. The Balaban J connectivity index is 2.29. The molecule has 1 aromatic heterocycles. The van der Waals surface area contributed by atoms with Crippen LogP contribution in [0.2, 0.25) is 0 Å². The van der Waals surface area contributed by atoms with Crippen molar-refractivity contribution in [1.82, 2.24) is 14.4 Å². The van der Waals surface area contributed by atoms with E-state index in [1.807, 2.05) is 32.9 Å². The van der Waals surface area contributed by atoms with Gasteiger partial charge in [-0.05, 0) is 35.2 Å². The minimum atomic E-state index is -3.52. The molecule has 0 spiro atoms. The lowest BCUT2D eigenvalue weighted by Gasteiger charge is -2.26. The minimum Gasteiger partial charge on any atom is -0.496 e. The molecule has 0 bridgehead atoms. The van der Waals surface area contributed by atoms with E-state index in [1.54, 1.807) is 25.3 Å². The molecule has 2 aromatic carbocycles. The van der Waals surface area contributed by atoms with Gasteiger partial charge in [0.05, 0.1) is 32.4 Å². The minimum absolute atomic E-state index is 0.349. The number of sulfonamides is 1. The molecule has 186 valence electrons. The molecular formula is C24H28N4O6S. The molecule has 11 heteroatoms. The predicted molar refractivity (Wildman–Crippen MR) is 135 cm³/mol. The number of nitrogens with zero attached hydrogens (tertiary/aromatic N) is 2. The van der Waals surface area contributed by atoms with Gasteiger partial charge in [-0.2, -0.15) is 5.10 Å². The normalized spacial score (nSPS) is 12.1. The first-order valence-corrected chi connectivity index (χ1v) is 12.5. The Kier molecular flexibility index (Phi) is 7.20. The number of methoxy groups -OCH3 is 2. The van der Waals surface area contributed by atoms with Crippen LogP contribution >= 0.6 is 0 Å². The lowest BCUT2D eigenvalue weighted by molar-refractivity contribution is 0.399. The number of aromatic amines is 1. The number of hydrazone groups is 1. The van der Waals surface area contributed by atoms with Crippen LogP contribution in [0.1, 0.15) is 31.9 Å². The topological polar surface area (TPSA) is 132 Å². The van der Waals surface area contributed by atoms with E-state index >= 15 is 0 Å². The summed E-state index contributed by atoms with van der Waals surface area (Å²) in [5.74, 6) is 1.09. The molecule has 35 heavy (non-hydrogen) atoms. The van der Waals surface area contributed by atoms with Crippen LogP contribution in [-0.4, -0.2) is 44.7 Å². The van der Waals surface area contributed by atoms with Gasteiger partial charge in [-0.25, -0.2) is 18.0 Å². The fourth-order valence-corrected chi connectivity index (χ4v) is 3.80. The van der Waals surface area contributed by atoms with Crippen molar-refractivity contribution in [1.29, 1.82) is 0 Å². The molecule has 1 heterocycles. The first-order valence-electron chi connectivity index (χ1n) is 10.6. The van der Waals surface area contributed by atoms with Crippen LogP contribution in [0.15, 0.2) is 57.3 Å². The Bertz CT molecular complexity index is 1500. The maximum atomic E-state index is 12.5. The van der Waals surface area contributed by atoms with Crippen molar-refractivity contribution < 1.29 is 17.9 Å². The Labute approximate surface area is 203 Å². The third-order valence-corrected chi connectivity index (χ3v) is 5.59. The van der Waals surface area contributed by atoms with E-state index < -0.39 is 21.3 Å². The van der Waals surface area contributed by atoms with Gasteiger partial charge < -0.3 is 9.47 Å². The first kappa shape index (κ1) is 25.8. The van der Waals surface area contributed by atoms with Crippen LogP contribution < -0.4 is 25.6 Å². The van der Waals surface area contributed by atoms with Gasteiger partial charge in [0.15, 0.2) is 0 Å². The van der Waals surface area contributed by atoms with E-state index in [1.165, 1.54) is 30.2 Å². The van der Waals surface area contributed by atoms with Crippen molar-refractivity contribution in [3.63, 3.8) is 0 Å². The Morgan fingerprint density at radius 2 is 1.77 bits per heavy atom. The average molecular weight is 501 g/mol. The molecule has 0 fully saturated rings. The maximum absolute atomic E-state index is 12.5. The van der Waals surface area contributed by atoms with Gasteiger partial charge in [0.1, 0.15) is 11.5 Å². The number of benzene rings is 2. The summed E-state index contributed by atoms with van der Waals surface area (Å²) in [4.78, 5) is 28.4. The molecule has 0 amide bonds. The highest BCUT2D eigenvalue weighted by Crippen LogP contribution is 2.41. The van der Waals surface area contributed by atoms with Gasteiger partial charge in [-0.15, -0.1) is 0 Å². The van der Waals surface area contributed by atoms with Gasteiger partial charge in [0.2, 0.25) is 10.0 Å². The van der Waals surface area contributed by atoms with Crippen molar-refractivity contribution in [2.24, 2.45) is 5.10 Å². The molecule has 0 aliphatic heterocycles. The van der Waals surface area contributed by atoms with Crippen molar-refractivity contribution in [2.75, 3.05) is 20.5 Å². The molecule has 3 aromatic rings. The van der Waals surface area contributed by atoms with Crippen LogP contribution in [0, 0.1) is 0 Å². The Hall–Kier alpha value is -3.86. The summed E-state index contributed by atoms with van der Waals surface area (Å²) < 4.78 is 35.3. The number of rotatable bonds is 7. The van der Waals surface area contributed by atoms with E-state index in [2.05, 4.69) is 14.9 Å². The molecule has 0 aliphatic carbocycles. The molecular weight excluding hydrogens is 472 g/mol. The number of hydrogen-bond acceptors (Lipinski definition) is 7. The molecule has 0 radical (unpaired) electrons. The summed E-state index contributed by atoms with van der Waals surface area (Å²) in [5.41, 5.74) is 1.90. The molecule has 0 unspecified atom stereocenters. The SMILES string of the molecule is COc1ccc(-c2cc(-n3ccc(=O)[nH]c3=O)cc(C(C)(C)C)c2OC)cc1C=NNS(C)(=O)=O. The van der Waals surface area contributed by atoms with E-state index in [0.29, 0.717) is 33.9 Å². The highest BCUT2D eigenvalue weighted by Gasteiger charge is 2.24. The second-order valence-corrected chi connectivity index (χ2v) is 10.6. The second kappa shape index (κ2) is 9.79. The van der Waals surface area contributed by atoms with Crippen molar-refractivity contribution in [3.05, 3.63) is 74.6 Å². The predicted octanol–water partition coefficient (Wildman–Crippen LogP) is 2.39. The average Bonchev–Trinajstić information content (AvgIpc) is 2.76. The summed E-state index contributed by atoms with van der Waals surface area (Å²) in [7, 11) is -0.449. The van der Waals surface area contributed by atoms with E-state index in [9.17, 15) is 18.0 Å². The van der Waals surface area contributed by atoms with Crippen LogP contribution in [0.3, 0.4) is 0 Å². The fourth-order valence-electron chi connectivity index (χ4n) is 3.56. The van der Waals surface area contributed by atoms with Gasteiger partial charge in [-0.1, -0.05) is 26.8 Å². The van der Waals surface area contributed by atoms with E-state index in [4.69, 9.17) is 9.47 Å². The molecule has 0 aliphatic rings. The van der Waals surface area contributed by atoms with Crippen molar-refractivity contribution in [3.8, 4) is 28.3 Å². The fraction of sp³-hybridized carbons (Fsp3) is 0.292. The summed E-state index contributed by atoms with van der Waals surface area (Å²) in [5, 5.41) is 3.79. The lowest BCUT2D eigenvalue weighted by Crippen LogP contribution is -2.27. The molecule has 0 saturated heterocycles. The molecule has 10 nitrogen and oxygen atoms in total. The zero-order valence-electron chi connectivity index (χ0n) is 20.4. The number of aromatic nitrogens is 2. The van der Waals surface area contributed by atoms with Crippen LogP contribution in [0.4, 0.5) is 0 Å². The van der Waals surface area contributed by atoms with Crippen molar-refractivity contribution >= 4 is 16.2 Å². The summed E-state index contributed by atoms with van der Waals surface area (Å²) >= 11 is 0. The van der Waals surface area contributed by atoms with E-state index in [0.717, 1.165) is 11.8 Å². The van der Waals surface area contributed by atoms with Crippen LogP contribution in [0.25, 0.3) is 16.8 Å². The van der Waals surface area contributed by atoms with Crippen LogP contribution in [-0.2, 0) is 15.4 Å². The van der Waals surface area contributed by atoms with Gasteiger partial charge in [-0.3, -0.25) is 14.3 Å². The first-order chi connectivity index (χ1) is 16.3. The van der Waals surface area contributed by atoms with Gasteiger partial charge in [0.25, 0.3) is 5.56 Å². The van der Waals surface area contributed by atoms with Gasteiger partial charge >= 0.3 is 5.69 Å². The third-order valence-electron chi connectivity index (χ3n) is 5.15. The van der Waals surface area contributed by atoms with Crippen molar-refractivity contribution in [2.45, 2.75) is 26.2 Å². The number of ether oxygens (including phenoxy) is 2. The summed E-state index contributed by atoms with van der Waals surface area (Å²) in [6.45, 7) is 6.07. The van der Waals surface area contributed by atoms with Gasteiger partial charge in [0, 0.05) is 29.0 Å². The third kappa shape index (κ3) is 5.99. The molecule has 2 N–H and O–H groups in total. The number of hydrogen-bond donors (Lipinski definition) is 2. The standard InChI is InChI=1S/C24H28N4O6S/c1-24(2,3)19-13-17(28-10-9-21(29)26-23(28)30)12-18(22(19)34-5)15-7-8-20(33-4)16(11-15)14-25-27-35(6,31)32/h7-14,27H,1-6H3,(H,26,29,30). The molecule has 0 saturated carbocycles. The molecule has 0 atom stereocenters. The second-order valence-electron chi connectivity index (χ2n) is 8.88. The Morgan fingerprint density at radius 3 is 2.34 bits per heavy atom.